The number of hydrogen-bond acceptors (Lipinski definition) is 4. The molecule has 1 heterocycles. The molecular weight excluding hydrogens is 227 g/mol. The van der Waals surface area contributed by atoms with Gasteiger partial charge in [0.05, 0.1) is 0 Å². The molecule has 1 rings (SSSR count). The summed E-state index contributed by atoms with van der Waals surface area (Å²) in [5, 5.41) is 1.70. The summed E-state index contributed by atoms with van der Waals surface area (Å²) in [5.74, 6) is -0.162. The predicted octanol–water partition coefficient (Wildman–Crippen LogP) is 1.12. The minimum atomic E-state index is -0.162. The van der Waals surface area contributed by atoms with Crippen molar-refractivity contribution in [1.82, 2.24) is 5.06 Å². The van der Waals surface area contributed by atoms with E-state index in [9.17, 15) is 4.79 Å². The van der Waals surface area contributed by atoms with E-state index in [0.29, 0.717) is 6.42 Å². The van der Waals surface area contributed by atoms with Crippen LogP contribution in [0.3, 0.4) is 0 Å². The zero-order chi connectivity index (χ0) is 8.97. The minimum Gasteiger partial charge on any atom is -0.368 e. The number of carbonyl (C=O) groups excluding carboxylic acids is 1. The summed E-state index contributed by atoms with van der Waals surface area (Å²) in [6.07, 6.45) is 2.26. The van der Waals surface area contributed by atoms with E-state index in [1.165, 1.54) is 0 Å². The Hall–Kier alpha value is -0.0300. The van der Waals surface area contributed by atoms with Gasteiger partial charge in [-0.2, -0.15) is 0 Å². The molecule has 0 aromatic heterocycles. The van der Waals surface area contributed by atoms with Crippen molar-refractivity contribution < 1.29 is 9.63 Å². The zero-order valence-electron chi connectivity index (χ0n) is 8.27. The average molecular weight is 245 g/mol. The van der Waals surface area contributed by atoms with Gasteiger partial charge < -0.3 is 10.6 Å². The maximum atomic E-state index is 10.9. The number of nitrogens with zero attached hydrogens (tertiary/aromatic N) is 1. The summed E-state index contributed by atoms with van der Waals surface area (Å²) in [7, 11) is 0. The highest BCUT2D eigenvalue weighted by Gasteiger charge is 2.18. The van der Waals surface area contributed by atoms with Crippen LogP contribution in [0.15, 0.2) is 0 Å². The second-order valence-corrected chi connectivity index (χ2v) is 3.08. The molecule has 2 N–H and O–H groups in total. The van der Waals surface area contributed by atoms with Crippen LogP contribution in [-0.4, -0.2) is 30.2 Å². The van der Waals surface area contributed by atoms with Crippen LogP contribution in [0.5, 0.6) is 0 Å². The third-order valence-electron chi connectivity index (χ3n) is 2.02. The number of halogens is 2. The molecule has 0 aromatic rings. The van der Waals surface area contributed by atoms with Gasteiger partial charge in [0, 0.05) is 25.6 Å². The van der Waals surface area contributed by atoms with Crippen LogP contribution in [0.1, 0.15) is 26.2 Å². The third-order valence-corrected chi connectivity index (χ3v) is 2.02. The Labute approximate surface area is 96.9 Å². The second-order valence-electron chi connectivity index (χ2n) is 3.08. The van der Waals surface area contributed by atoms with Gasteiger partial charge in [-0.1, -0.05) is 6.92 Å². The van der Waals surface area contributed by atoms with Crippen molar-refractivity contribution in [3.63, 3.8) is 0 Å². The summed E-state index contributed by atoms with van der Waals surface area (Å²) >= 11 is 0. The summed E-state index contributed by atoms with van der Waals surface area (Å²) < 4.78 is 0. The van der Waals surface area contributed by atoms with Gasteiger partial charge in [0.25, 0.3) is 0 Å². The summed E-state index contributed by atoms with van der Waals surface area (Å²) in [6, 6.07) is 0.279. The monoisotopic (exact) mass is 244 g/mol. The fourth-order valence-corrected chi connectivity index (χ4v) is 1.18. The van der Waals surface area contributed by atoms with E-state index in [1.807, 2.05) is 0 Å². The van der Waals surface area contributed by atoms with Gasteiger partial charge in [-0.05, 0) is 12.8 Å². The van der Waals surface area contributed by atoms with Crippen molar-refractivity contribution in [3.05, 3.63) is 0 Å². The highest BCUT2D eigenvalue weighted by molar-refractivity contribution is 5.85. The van der Waals surface area contributed by atoms with E-state index in [-0.39, 0.29) is 36.8 Å². The fraction of sp³-hybridized carbons (Fsp3) is 0.875. The molecule has 0 atom stereocenters. The predicted molar refractivity (Wildman–Crippen MR) is 59.7 cm³/mol. The Morgan fingerprint density at radius 2 is 1.93 bits per heavy atom. The van der Waals surface area contributed by atoms with Gasteiger partial charge in [0.1, 0.15) is 0 Å². The van der Waals surface area contributed by atoms with E-state index < -0.39 is 0 Å². The first-order chi connectivity index (χ1) is 5.72. The summed E-state index contributed by atoms with van der Waals surface area (Å²) in [4.78, 5) is 15.9. The molecule has 1 aliphatic rings. The van der Waals surface area contributed by atoms with Gasteiger partial charge in [-0.3, -0.25) is 4.79 Å². The van der Waals surface area contributed by atoms with E-state index in [4.69, 9.17) is 10.6 Å². The van der Waals surface area contributed by atoms with Crippen molar-refractivity contribution in [3.8, 4) is 0 Å². The molecule has 0 unspecified atom stereocenters. The number of hydrogen-bond donors (Lipinski definition) is 1. The number of nitrogens with two attached hydrogens (primary N) is 1. The quantitative estimate of drug-likeness (QED) is 0.792. The number of piperidine rings is 1. The van der Waals surface area contributed by atoms with Gasteiger partial charge in [-0.15, -0.1) is 29.9 Å². The van der Waals surface area contributed by atoms with Crippen molar-refractivity contribution in [2.45, 2.75) is 32.2 Å². The lowest BCUT2D eigenvalue weighted by Gasteiger charge is -2.28. The van der Waals surface area contributed by atoms with E-state index in [0.717, 1.165) is 25.9 Å². The van der Waals surface area contributed by atoms with Crippen molar-refractivity contribution in [2.75, 3.05) is 13.1 Å². The lowest BCUT2D eigenvalue weighted by molar-refractivity contribution is -0.194. The van der Waals surface area contributed by atoms with Crippen LogP contribution in [0.25, 0.3) is 0 Å². The van der Waals surface area contributed by atoms with Gasteiger partial charge in [-0.25, -0.2) is 0 Å². The van der Waals surface area contributed by atoms with Crippen LogP contribution < -0.4 is 5.73 Å². The van der Waals surface area contributed by atoms with Crippen LogP contribution in [0.2, 0.25) is 0 Å². The number of hydroxylamine groups is 2. The molecule has 6 heteroatoms. The largest absolute Gasteiger partial charge is 0.368 e. The Morgan fingerprint density at radius 1 is 1.43 bits per heavy atom. The highest BCUT2D eigenvalue weighted by atomic mass is 35.5. The van der Waals surface area contributed by atoms with Crippen LogP contribution in [0.4, 0.5) is 0 Å². The Morgan fingerprint density at radius 3 is 2.36 bits per heavy atom. The Kier molecular flexibility index (Phi) is 9.72. The Bertz CT molecular complexity index is 161. The van der Waals surface area contributed by atoms with Gasteiger partial charge >= 0.3 is 5.97 Å². The second kappa shape index (κ2) is 8.29. The molecule has 0 aromatic carbocycles. The lowest BCUT2D eigenvalue weighted by Crippen LogP contribution is -2.40. The van der Waals surface area contributed by atoms with Crippen LogP contribution >= 0.6 is 24.8 Å². The molecule has 1 aliphatic heterocycles. The van der Waals surface area contributed by atoms with Crippen molar-refractivity contribution in [2.24, 2.45) is 5.73 Å². The van der Waals surface area contributed by atoms with Gasteiger partial charge in [0.15, 0.2) is 0 Å². The first kappa shape index (κ1) is 16.4. The highest BCUT2D eigenvalue weighted by Crippen LogP contribution is 2.08. The standard InChI is InChI=1S/C8H16N2O2.2ClH/c1-2-8(11)12-10-5-3-7(9)4-6-10;;/h7H,2-6,9H2,1H3;2*1H. The molecule has 1 saturated heterocycles. The fourth-order valence-electron chi connectivity index (χ4n) is 1.18. The van der Waals surface area contributed by atoms with E-state index in [1.54, 1.807) is 12.0 Å². The molecule has 0 saturated carbocycles. The van der Waals surface area contributed by atoms with Gasteiger partial charge in [0.2, 0.25) is 0 Å². The van der Waals surface area contributed by atoms with Crippen molar-refractivity contribution in [1.29, 1.82) is 0 Å². The van der Waals surface area contributed by atoms with Crippen LogP contribution in [-0.2, 0) is 9.63 Å². The molecule has 14 heavy (non-hydrogen) atoms. The van der Waals surface area contributed by atoms with Crippen molar-refractivity contribution >= 4 is 30.8 Å². The third kappa shape index (κ3) is 5.65. The molecule has 0 radical (unpaired) electrons. The first-order valence-electron chi connectivity index (χ1n) is 4.43. The molecule has 0 aliphatic carbocycles. The summed E-state index contributed by atoms with van der Waals surface area (Å²) in [6.45, 7) is 3.33. The topological polar surface area (TPSA) is 55.6 Å². The molecule has 86 valence electrons. The maximum Gasteiger partial charge on any atom is 0.324 e. The Balaban J connectivity index is 0. The molecule has 0 spiro atoms. The minimum absolute atomic E-state index is 0. The van der Waals surface area contributed by atoms with E-state index in [2.05, 4.69) is 0 Å². The molecule has 0 amide bonds. The molecule has 1 fully saturated rings. The molecule has 4 nitrogen and oxygen atoms in total. The smallest absolute Gasteiger partial charge is 0.324 e. The summed E-state index contributed by atoms with van der Waals surface area (Å²) in [5.41, 5.74) is 5.69. The SMILES string of the molecule is CCC(=O)ON1CCC(N)CC1.Cl.Cl. The first-order valence-corrected chi connectivity index (χ1v) is 4.43. The molecule has 0 bridgehead atoms. The average Bonchev–Trinajstić information content (AvgIpc) is 2.09. The normalized spacial score (nSPS) is 17.9. The zero-order valence-corrected chi connectivity index (χ0v) is 9.90. The molecular formula is C8H18Cl2N2O2. The van der Waals surface area contributed by atoms with E-state index >= 15 is 0 Å². The number of rotatable bonds is 2. The van der Waals surface area contributed by atoms with Crippen LogP contribution in [0, 0.1) is 0 Å². The lowest BCUT2D eigenvalue weighted by atomic mass is 10.1. The number of carbonyl (C=O) groups is 1. The maximum absolute atomic E-state index is 10.9.